The molecule has 0 radical (unpaired) electrons. The van der Waals surface area contributed by atoms with E-state index in [2.05, 4.69) is 0 Å². The van der Waals surface area contributed by atoms with Crippen molar-refractivity contribution in [3.8, 4) is 0 Å². The molecule has 0 spiro atoms. The smallest absolute Gasteiger partial charge is 0.194 e. The lowest BCUT2D eigenvalue weighted by Gasteiger charge is -2.23. The molecule has 1 aromatic carbocycles. The quantitative estimate of drug-likeness (QED) is 0.802. The number of rotatable bonds is 4. The minimum atomic E-state index is -1.44. The Bertz CT molecular complexity index is 453. The van der Waals surface area contributed by atoms with E-state index in [0.717, 1.165) is 6.07 Å². The van der Waals surface area contributed by atoms with Crippen molar-refractivity contribution in [3.05, 3.63) is 34.6 Å². The van der Waals surface area contributed by atoms with Gasteiger partial charge < -0.3 is 10.8 Å². The van der Waals surface area contributed by atoms with Crippen LogP contribution in [-0.4, -0.2) is 29.7 Å². The third-order valence-corrected chi connectivity index (χ3v) is 3.29. The molecule has 18 heavy (non-hydrogen) atoms. The van der Waals surface area contributed by atoms with E-state index < -0.39 is 17.5 Å². The first-order chi connectivity index (χ1) is 8.60. The molecule has 0 aromatic heterocycles. The number of halogens is 3. The van der Waals surface area contributed by atoms with Crippen LogP contribution < -0.4 is 5.73 Å². The van der Waals surface area contributed by atoms with Crippen LogP contribution in [0.4, 0.5) is 13.2 Å². The van der Waals surface area contributed by atoms with E-state index in [1.54, 1.807) is 0 Å². The van der Waals surface area contributed by atoms with Gasteiger partial charge in [-0.1, -0.05) is 0 Å². The molecule has 1 aliphatic heterocycles. The van der Waals surface area contributed by atoms with E-state index >= 15 is 0 Å². The molecule has 1 heterocycles. The molecule has 6 heteroatoms. The highest BCUT2D eigenvalue weighted by Crippen LogP contribution is 2.36. The Balaban J connectivity index is 2.35. The molecule has 0 fully saturated rings. The van der Waals surface area contributed by atoms with Crippen LogP contribution in [0.5, 0.6) is 0 Å². The first-order valence-corrected chi connectivity index (χ1v) is 5.81. The summed E-state index contributed by atoms with van der Waals surface area (Å²) < 4.78 is 40.0. The summed E-state index contributed by atoms with van der Waals surface area (Å²) >= 11 is 0. The fraction of sp³-hybridized carbons (Fsp3) is 0.500. The van der Waals surface area contributed by atoms with Crippen molar-refractivity contribution in [2.24, 2.45) is 5.73 Å². The van der Waals surface area contributed by atoms with Gasteiger partial charge in [0, 0.05) is 37.8 Å². The molecule has 1 aliphatic rings. The van der Waals surface area contributed by atoms with Crippen LogP contribution in [0, 0.1) is 17.5 Å². The second-order valence-corrected chi connectivity index (χ2v) is 4.35. The molecule has 0 saturated heterocycles. The van der Waals surface area contributed by atoms with Crippen molar-refractivity contribution in [2.75, 3.05) is 19.7 Å². The highest BCUT2D eigenvalue weighted by Gasteiger charge is 2.33. The molecule has 0 saturated carbocycles. The molecule has 0 amide bonds. The third-order valence-electron chi connectivity index (χ3n) is 3.29. The average molecular weight is 260 g/mol. The Hall–Kier alpha value is -1.11. The summed E-state index contributed by atoms with van der Waals surface area (Å²) in [6, 6.07) is 0.695. The SMILES string of the molecule is NCC1c2cc(F)c(F)c(F)c2CN1CCCO. The summed E-state index contributed by atoms with van der Waals surface area (Å²) in [5.41, 5.74) is 6.18. The summed E-state index contributed by atoms with van der Waals surface area (Å²) in [6.45, 7) is 0.911. The van der Waals surface area contributed by atoms with Crippen LogP contribution in [0.1, 0.15) is 23.6 Å². The Kier molecular flexibility index (Phi) is 3.89. The minimum absolute atomic E-state index is 0.00927. The maximum absolute atomic E-state index is 13.6. The number of benzene rings is 1. The largest absolute Gasteiger partial charge is 0.396 e. The highest BCUT2D eigenvalue weighted by molar-refractivity contribution is 5.37. The molecule has 1 atom stereocenters. The highest BCUT2D eigenvalue weighted by atomic mass is 19.2. The molecule has 2 rings (SSSR count). The Morgan fingerprint density at radius 1 is 1.33 bits per heavy atom. The normalized spacial score (nSPS) is 19.3. The van der Waals surface area contributed by atoms with Crippen molar-refractivity contribution < 1.29 is 18.3 Å². The number of aliphatic hydroxyl groups is 1. The Morgan fingerprint density at radius 2 is 2.06 bits per heavy atom. The van der Waals surface area contributed by atoms with Gasteiger partial charge in [-0.3, -0.25) is 4.90 Å². The van der Waals surface area contributed by atoms with Gasteiger partial charge in [0.25, 0.3) is 0 Å². The molecule has 0 aliphatic carbocycles. The summed E-state index contributed by atoms with van der Waals surface area (Å²) in [6.07, 6.45) is 0.511. The molecular weight excluding hydrogens is 245 g/mol. The number of nitrogens with zero attached hydrogens (tertiary/aromatic N) is 1. The summed E-state index contributed by atoms with van der Waals surface area (Å²) in [5, 5.41) is 8.79. The van der Waals surface area contributed by atoms with Crippen molar-refractivity contribution in [1.29, 1.82) is 0 Å². The van der Waals surface area contributed by atoms with Gasteiger partial charge in [0.2, 0.25) is 0 Å². The number of fused-ring (bicyclic) bond motifs is 1. The predicted molar refractivity (Wildman–Crippen MR) is 60.2 cm³/mol. The van der Waals surface area contributed by atoms with E-state index in [1.807, 2.05) is 4.90 Å². The van der Waals surface area contributed by atoms with Crippen LogP contribution in [0.25, 0.3) is 0 Å². The molecule has 100 valence electrons. The van der Waals surface area contributed by atoms with Crippen molar-refractivity contribution in [1.82, 2.24) is 4.90 Å². The molecule has 3 nitrogen and oxygen atoms in total. The second kappa shape index (κ2) is 5.26. The second-order valence-electron chi connectivity index (χ2n) is 4.35. The van der Waals surface area contributed by atoms with Gasteiger partial charge in [0.05, 0.1) is 0 Å². The lowest BCUT2D eigenvalue weighted by Crippen LogP contribution is -2.29. The van der Waals surface area contributed by atoms with E-state index in [4.69, 9.17) is 10.8 Å². The monoisotopic (exact) mass is 260 g/mol. The molecule has 1 aromatic rings. The number of aliphatic hydroxyl groups excluding tert-OH is 1. The zero-order chi connectivity index (χ0) is 13.3. The first-order valence-electron chi connectivity index (χ1n) is 5.81. The number of hydrogen-bond acceptors (Lipinski definition) is 3. The van der Waals surface area contributed by atoms with Crippen molar-refractivity contribution >= 4 is 0 Å². The van der Waals surface area contributed by atoms with Gasteiger partial charge in [-0.2, -0.15) is 0 Å². The molecule has 1 unspecified atom stereocenters. The predicted octanol–water partition coefficient (Wildman–Crippen LogP) is 1.30. The van der Waals surface area contributed by atoms with E-state index in [0.29, 0.717) is 18.5 Å². The number of nitrogens with two attached hydrogens (primary N) is 1. The lowest BCUT2D eigenvalue weighted by molar-refractivity contribution is 0.189. The summed E-state index contributed by atoms with van der Waals surface area (Å²) in [5.74, 6) is -3.75. The lowest BCUT2D eigenvalue weighted by atomic mass is 10.0. The molecule has 3 N–H and O–H groups in total. The van der Waals surface area contributed by atoms with E-state index in [1.165, 1.54) is 0 Å². The van der Waals surface area contributed by atoms with Crippen LogP contribution in [0.2, 0.25) is 0 Å². The molecular formula is C12H15F3N2O. The third kappa shape index (κ3) is 2.11. The maximum atomic E-state index is 13.6. The van der Waals surface area contributed by atoms with Gasteiger partial charge in [0.1, 0.15) is 0 Å². The fourth-order valence-electron chi connectivity index (χ4n) is 2.40. The topological polar surface area (TPSA) is 49.5 Å². The van der Waals surface area contributed by atoms with Gasteiger partial charge >= 0.3 is 0 Å². The van der Waals surface area contributed by atoms with Crippen molar-refractivity contribution in [2.45, 2.75) is 19.0 Å². The van der Waals surface area contributed by atoms with E-state index in [9.17, 15) is 13.2 Å². The fourth-order valence-corrected chi connectivity index (χ4v) is 2.40. The average Bonchev–Trinajstić information content (AvgIpc) is 2.71. The van der Waals surface area contributed by atoms with Gasteiger partial charge in [-0.05, 0) is 18.1 Å². The first kappa shape index (κ1) is 13.3. The Labute approximate surface area is 103 Å². The van der Waals surface area contributed by atoms with Crippen LogP contribution >= 0.6 is 0 Å². The van der Waals surface area contributed by atoms with Crippen LogP contribution in [-0.2, 0) is 6.54 Å². The standard InChI is InChI=1S/C12H15F3N2O/c13-9-4-7-8(11(14)12(9)15)6-17(2-1-3-18)10(7)5-16/h4,10,18H,1-3,5-6,16H2. The Morgan fingerprint density at radius 3 is 2.67 bits per heavy atom. The maximum Gasteiger partial charge on any atom is 0.194 e. The molecule has 0 bridgehead atoms. The van der Waals surface area contributed by atoms with Crippen LogP contribution in [0.3, 0.4) is 0 Å². The van der Waals surface area contributed by atoms with Gasteiger partial charge in [0.15, 0.2) is 17.5 Å². The summed E-state index contributed by atoms with van der Waals surface area (Å²) in [7, 11) is 0. The van der Waals surface area contributed by atoms with E-state index in [-0.39, 0.29) is 31.3 Å². The summed E-state index contributed by atoms with van der Waals surface area (Å²) in [4.78, 5) is 1.82. The zero-order valence-electron chi connectivity index (χ0n) is 9.80. The number of hydrogen-bond donors (Lipinski definition) is 2. The minimum Gasteiger partial charge on any atom is -0.396 e. The van der Waals surface area contributed by atoms with Crippen LogP contribution in [0.15, 0.2) is 6.07 Å². The van der Waals surface area contributed by atoms with Gasteiger partial charge in [-0.15, -0.1) is 0 Å². The van der Waals surface area contributed by atoms with Gasteiger partial charge in [-0.25, -0.2) is 13.2 Å². The van der Waals surface area contributed by atoms with Crippen molar-refractivity contribution in [3.63, 3.8) is 0 Å². The zero-order valence-corrected chi connectivity index (χ0v) is 9.80.